The van der Waals surface area contributed by atoms with E-state index in [1.54, 1.807) is 0 Å². The predicted octanol–water partition coefficient (Wildman–Crippen LogP) is 3.03. The van der Waals surface area contributed by atoms with Crippen LogP contribution in [0.15, 0.2) is 47.4 Å². The molecule has 1 aliphatic heterocycles. The van der Waals surface area contributed by atoms with Crippen molar-refractivity contribution >= 4 is 27.5 Å². The third-order valence-corrected chi connectivity index (χ3v) is 8.00. The largest absolute Gasteiger partial charge is 0.430 e. The van der Waals surface area contributed by atoms with Crippen LogP contribution >= 0.6 is 0 Å². The topological polar surface area (TPSA) is 130 Å². The lowest BCUT2D eigenvalue weighted by molar-refractivity contribution is -0.376. The second-order valence-corrected chi connectivity index (χ2v) is 10.6. The number of nitrogens with zero attached hydrogens (tertiary/aromatic N) is 1. The standard InChI is InChI=1S/C23H22F7N3O5S/c24-15-3-6-17(7-4-15)39(37,38)33-16(12-20(35)32-10-9-19(31)34)5-1-13-11-14(2-8-18(13)33)21(36,22(25,26)27)23(28,29)30/h2-4,6-8,11,16,36H,1,5,9-10,12H2,(H2,31,34)(H,32,35). The van der Waals surface area contributed by atoms with Gasteiger partial charge in [-0.2, -0.15) is 26.3 Å². The normalized spacial score (nSPS) is 16.5. The van der Waals surface area contributed by atoms with Crippen LogP contribution in [0.2, 0.25) is 0 Å². The number of hydrogen-bond acceptors (Lipinski definition) is 5. The van der Waals surface area contributed by atoms with Gasteiger partial charge in [0.2, 0.25) is 11.8 Å². The molecule has 0 fully saturated rings. The predicted molar refractivity (Wildman–Crippen MR) is 122 cm³/mol. The second-order valence-electron chi connectivity index (χ2n) is 8.77. The minimum atomic E-state index is -6.15. The van der Waals surface area contributed by atoms with Gasteiger partial charge in [-0.15, -0.1) is 0 Å². The fourth-order valence-electron chi connectivity index (χ4n) is 4.19. The summed E-state index contributed by atoms with van der Waals surface area (Å²) in [5.41, 5.74) is -2.38. The quantitative estimate of drug-likeness (QED) is 0.411. The Morgan fingerprint density at radius 3 is 2.15 bits per heavy atom. The third kappa shape index (κ3) is 5.95. The summed E-state index contributed by atoms with van der Waals surface area (Å²) >= 11 is 0. The van der Waals surface area contributed by atoms with E-state index in [0.29, 0.717) is 22.5 Å². The number of amides is 2. The number of aryl methyl sites for hydroxylation is 1. The van der Waals surface area contributed by atoms with Crippen LogP contribution in [-0.4, -0.2) is 50.3 Å². The molecule has 1 heterocycles. The average Bonchev–Trinajstić information content (AvgIpc) is 2.81. The zero-order chi connectivity index (χ0) is 29.4. The lowest BCUT2D eigenvalue weighted by Gasteiger charge is -2.39. The number of carbonyl (C=O) groups is 2. The molecule has 0 aliphatic carbocycles. The maximum absolute atomic E-state index is 13.6. The van der Waals surface area contributed by atoms with E-state index >= 15 is 0 Å². The summed E-state index contributed by atoms with van der Waals surface area (Å²) in [6, 6.07) is 3.74. The molecule has 39 heavy (non-hydrogen) atoms. The molecule has 0 saturated carbocycles. The Hall–Kier alpha value is -3.40. The summed E-state index contributed by atoms with van der Waals surface area (Å²) in [5.74, 6) is -2.19. The van der Waals surface area contributed by atoms with Crippen LogP contribution in [0.4, 0.5) is 36.4 Å². The van der Waals surface area contributed by atoms with Crippen LogP contribution < -0.4 is 15.4 Å². The number of nitrogens with one attached hydrogen (secondary N) is 1. The number of fused-ring (bicyclic) bond motifs is 1. The van der Waals surface area contributed by atoms with E-state index in [-0.39, 0.29) is 37.1 Å². The molecular formula is C23H22F7N3O5S. The monoisotopic (exact) mass is 585 g/mol. The smallest absolute Gasteiger partial charge is 0.370 e. The molecular weight excluding hydrogens is 563 g/mol. The van der Waals surface area contributed by atoms with Gasteiger partial charge in [0.05, 0.1) is 16.6 Å². The van der Waals surface area contributed by atoms with Crippen molar-refractivity contribution in [1.82, 2.24) is 5.32 Å². The molecule has 0 radical (unpaired) electrons. The maximum atomic E-state index is 13.6. The molecule has 1 aliphatic rings. The average molecular weight is 585 g/mol. The molecule has 8 nitrogen and oxygen atoms in total. The minimum absolute atomic E-state index is 0.154. The maximum Gasteiger partial charge on any atom is 0.430 e. The Balaban J connectivity index is 2.10. The van der Waals surface area contributed by atoms with Crippen molar-refractivity contribution < 1.29 is 53.8 Å². The van der Waals surface area contributed by atoms with E-state index in [0.717, 1.165) is 24.3 Å². The second kappa shape index (κ2) is 10.6. The van der Waals surface area contributed by atoms with Crippen molar-refractivity contribution in [2.24, 2.45) is 5.73 Å². The van der Waals surface area contributed by atoms with Gasteiger partial charge < -0.3 is 16.2 Å². The first-order chi connectivity index (χ1) is 17.9. The highest BCUT2D eigenvalue weighted by molar-refractivity contribution is 7.92. The highest BCUT2D eigenvalue weighted by Crippen LogP contribution is 2.51. The highest BCUT2D eigenvalue weighted by atomic mass is 32.2. The number of sulfonamides is 1. The number of halogens is 7. The molecule has 0 bridgehead atoms. The van der Waals surface area contributed by atoms with E-state index in [9.17, 15) is 53.8 Å². The minimum Gasteiger partial charge on any atom is -0.370 e. The zero-order valence-electron chi connectivity index (χ0n) is 19.8. The van der Waals surface area contributed by atoms with Crippen LogP contribution in [0, 0.1) is 5.82 Å². The summed E-state index contributed by atoms with van der Waals surface area (Å²) in [7, 11) is -4.62. The summed E-state index contributed by atoms with van der Waals surface area (Å²) < 4.78 is 122. The number of primary amides is 1. The first kappa shape index (κ1) is 30.1. The highest BCUT2D eigenvalue weighted by Gasteiger charge is 2.71. The van der Waals surface area contributed by atoms with Crippen LogP contribution in [-0.2, 0) is 31.6 Å². The number of nitrogens with two attached hydrogens (primary N) is 1. The van der Waals surface area contributed by atoms with E-state index in [2.05, 4.69) is 5.32 Å². The van der Waals surface area contributed by atoms with Gasteiger partial charge in [0, 0.05) is 24.9 Å². The summed E-state index contributed by atoms with van der Waals surface area (Å²) in [6.45, 7) is -0.154. The summed E-state index contributed by atoms with van der Waals surface area (Å²) in [5, 5.41) is 12.1. The number of hydrogen-bond donors (Lipinski definition) is 3. The van der Waals surface area contributed by atoms with Crippen LogP contribution in [0.1, 0.15) is 30.4 Å². The third-order valence-electron chi connectivity index (χ3n) is 6.12. The van der Waals surface area contributed by atoms with Crippen molar-refractivity contribution in [2.75, 3.05) is 10.8 Å². The molecule has 1 atom stereocenters. The van der Waals surface area contributed by atoms with Gasteiger partial charge in [0.25, 0.3) is 15.6 Å². The van der Waals surface area contributed by atoms with Crippen LogP contribution in [0.25, 0.3) is 0 Å². The molecule has 1 unspecified atom stereocenters. The van der Waals surface area contributed by atoms with Gasteiger partial charge in [0.1, 0.15) is 5.82 Å². The van der Waals surface area contributed by atoms with Gasteiger partial charge in [0.15, 0.2) is 0 Å². The van der Waals surface area contributed by atoms with Crippen molar-refractivity contribution in [2.45, 2.75) is 54.6 Å². The van der Waals surface area contributed by atoms with Crippen molar-refractivity contribution in [3.05, 3.63) is 59.4 Å². The van der Waals surface area contributed by atoms with Crippen molar-refractivity contribution in [3.63, 3.8) is 0 Å². The first-order valence-corrected chi connectivity index (χ1v) is 12.7. The molecule has 0 saturated heterocycles. The van der Waals surface area contributed by atoms with Gasteiger partial charge in [-0.25, -0.2) is 12.8 Å². The molecule has 0 aromatic heterocycles. The van der Waals surface area contributed by atoms with Gasteiger partial charge in [-0.05, 0) is 48.7 Å². The molecule has 16 heteroatoms. The molecule has 2 amide bonds. The molecule has 0 spiro atoms. The Kier molecular flexibility index (Phi) is 8.22. The Morgan fingerprint density at radius 1 is 1.03 bits per heavy atom. The number of aliphatic hydroxyl groups is 1. The first-order valence-electron chi connectivity index (χ1n) is 11.2. The fraction of sp³-hybridized carbons (Fsp3) is 0.391. The molecule has 2 aromatic rings. The number of alkyl halides is 6. The van der Waals surface area contributed by atoms with Gasteiger partial charge >= 0.3 is 12.4 Å². The number of carbonyl (C=O) groups excluding carboxylic acids is 2. The molecule has 4 N–H and O–H groups in total. The lowest BCUT2D eigenvalue weighted by Crippen LogP contribution is -2.54. The Labute approximate surface area is 217 Å². The molecule has 214 valence electrons. The SMILES string of the molecule is NC(=O)CCNC(=O)CC1CCc2cc(C(O)(C(F)(F)F)C(F)(F)F)ccc2N1S(=O)(=O)c1ccc(F)cc1. The van der Waals surface area contributed by atoms with E-state index < -0.39 is 68.5 Å². The Bertz CT molecular complexity index is 1330. The molecule has 2 aromatic carbocycles. The molecule has 3 rings (SSSR count). The van der Waals surface area contributed by atoms with Crippen molar-refractivity contribution in [3.8, 4) is 0 Å². The number of rotatable bonds is 8. The van der Waals surface area contributed by atoms with Gasteiger partial charge in [-0.1, -0.05) is 12.1 Å². The number of anilines is 1. The number of benzene rings is 2. The van der Waals surface area contributed by atoms with Crippen molar-refractivity contribution in [1.29, 1.82) is 0 Å². The Morgan fingerprint density at radius 2 is 1.62 bits per heavy atom. The van der Waals surface area contributed by atoms with Gasteiger partial charge in [-0.3, -0.25) is 13.9 Å². The van der Waals surface area contributed by atoms with E-state index in [1.165, 1.54) is 0 Å². The van der Waals surface area contributed by atoms with E-state index in [4.69, 9.17) is 5.73 Å². The summed E-state index contributed by atoms with van der Waals surface area (Å²) in [4.78, 5) is 22.9. The van der Waals surface area contributed by atoms with Crippen LogP contribution in [0.5, 0.6) is 0 Å². The zero-order valence-corrected chi connectivity index (χ0v) is 20.6. The fourth-order valence-corrected chi connectivity index (χ4v) is 5.91. The van der Waals surface area contributed by atoms with Crippen LogP contribution in [0.3, 0.4) is 0 Å². The van der Waals surface area contributed by atoms with E-state index in [1.807, 2.05) is 0 Å². The lowest BCUT2D eigenvalue weighted by atomic mass is 9.87. The summed E-state index contributed by atoms with van der Waals surface area (Å²) in [6.07, 6.45) is -13.5.